The molecule has 0 radical (unpaired) electrons. The maximum Gasteiger partial charge on any atom is 0.270 e. The van der Waals surface area contributed by atoms with Gasteiger partial charge in [0, 0.05) is 18.9 Å². The van der Waals surface area contributed by atoms with Gasteiger partial charge in [-0.15, -0.1) is 0 Å². The minimum Gasteiger partial charge on any atom is -0.342 e. The van der Waals surface area contributed by atoms with Crippen molar-refractivity contribution in [2.75, 3.05) is 0 Å². The second-order valence-electron chi connectivity index (χ2n) is 5.78. The largest absolute Gasteiger partial charge is 0.342 e. The van der Waals surface area contributed by atoms with Crippen LogP contribution in [0.5, 0.6) is 0 Å². The minimum absolute atomic E-state index is 0.164. The number of carbonyl (C=O) groups excluding carboxylic acids is 1. The Kier molecular flexibility index (Phi) is 4.00. The van der Waals surface area contributed by atoms with Crippen molar-refractivity contribution in [2.45, 2.75) is 12.6 Å². The number of benzene rings is 1. The van der Waals surface area contributed by atoms with Gasteiger partial charge in [0.2, 0.25) is 0 Å². The highest BCUT2D eigenvalue weighted by molar-refractivity contribution is 5.93. The highest BCUT2D eigenvalue weighted by atomic mass is 16.2. The van der Waals surface area contributed by atoms with E-state index in [1.165, 1.54) is 0 Å². The monoisotopic (exact) mass is 331 g/mol. The topological polar surface area (TPSA) is 64.2 Å². The van der Waals surface area contributed by atoms with Crippen LogP contribution >= 0.6 is 0 Å². The first kappa shape index (κ1) is 15.1. The molecular formula is C19H17N5O. The van der Waals surface area contributed by atoms with E-state index in [1.807, 2.05) is 59.3 Å². The van der Waals surface area contributed by atoms with Crippen molar-refractivity contribution in [3.63, 3.8) is 0 Å². The second kappa shape index (κ2) is 6.60. The van der Waals surface area contributed by atoms with Gasteiger partial charge in [0.15, 0.2) is 0 Å². The molecule has 0 unspecified atom stereocenters. The Morgan fingerprint density at radius 2 is 1.92 bits per heavy atom. The van der Waals surface area contributed by atoms with E-state index in [2.05, 4.69) is 15.4 Å². The van der Waals surface area contributed by atoms with Gasteiger partial charge in [0.05, 0.1) is 24.1 Å². The number of hydrogen-bond donors (Lipinski definition) is 1. The predicted octanol–water partition coefficient (Wildman–Crippen LogP) is 2.70. The molecule has 6 nitrogen and oxygen atoms in total. The molecule has 0 fully saturated rings. The summed E-state index contributed by atoms with van der Waals surface area (Å²) in [6.07, 6.45) is 7.05. The normalized spacial score (nSPS) is 12.2. The van der Waals surface area contributed by atoms with E-state index in [0.29, 0.717) is 12.2 Å². The molecule has 1 aromatic carbocycles. The van der Waals surface area contributed by atoms with Crippen molar-refractivity contribution >= 4 is 11.4 Å². The van der Waals surface area contributed by atoms with Gasteiger partial charge in [-0.05, 0) is 23.8 Å². The molecule has 0 aliphatic rings. The number of nitrogens with zero attached hydrogens (tertiary/aromatic N) is 4. The maximum absolute atomic E-state index is 12.9. The molecule has 1 amide bonds. The standard InChI is InChI=1S/C19H17N5O/c25-19(18-8-4-7-16-9-10-21-24(16)18)22-17(13-23-12-11-20-14-23)15-5-2-1-3-6-15/h1-12,14,17H,13H2,(H,22,25)/t17-/m1/s1. The van der Waals surface area contributed by atoms with Crippen LogP contribution in [-0.2, 0) is 6.54 Å². The lowest BCUT2D eigenvalue weighted by molar-refractivity contribution is 0.0925. The van der Waals surface area contributed by atoms with Crippen LogP contribution in [0.4, 0.5) is 0 Å². The molecule has 0 spiro atoms. The summed E-state index contributed by atoms with van der Waals surface area (Å²) in [4.78, 5) is 16.9. The highest BCUT2D eigenvalue weighted by Crippen LogP contribution is 2.16. The van der Waals surface area contributed by atoms with Crippen molar-refractivity contribution in [1.29, 1.82) is 0 Å². The van der Waals surface area contributed by atoms with Crippen molar-refractivity contribution in [3.8, 4) is 0 Å². The van der Waals surface area contributed by atoms with Gasteiger partial charge in [0.25, 0.3) is 5.91 Å². The molecule has 1 N–H and O–H groups in total. The molecule has 3 aromatic heterocycles. The molecule has 25 heavy (non-hydrogen) atoms. The molecule has 0 saturated carbocycles. The Balaban J connectivity index is 1.64. The minimum atomic E-state index is -0.172. The average molecular weight is 331 g/mol. The number of fused-ring (bicyclic) bond motifs is 1. The number of carbonyl (C=O) groups is 1. The zero-order valence-corrected chi connectivity index (χ0v) is 13.5. The van der Waals surface area contributed by atoms with Crippen LogP contribution in [0, 0.1) is 0 Å². The summed E-state index contributed by atoms with van der Waals surface area (Å²) in [6.45, 7) is 0.602. The van der Waals surface area contributed by atoms with Crippen molar-refractivity contribution in [2.24, 2.45) is 0 Å². The summed E-state index contributed by atoms with van der Waals surface area (Å²) in [7, 11) is 0. The van der Waals surface area contributed by atoms with Gasteiger partial charge in [-0.25, -0.2) is 9.50 Å². The molecule has 0 saturated heterocycles. The average Bonchev–Trinajstić information content (AvgIpc) is 3.33. The molecule has 3 heterocycles. The Hall–Kier alpha value is -3.41. The number of rotatable bonds is 5. The van der Waals surface area contributed by atoms with Crippen LogP contribution in [0.3, 0.4) is 0 Å². The molecule has 6 heteroatoms. The predicted molar refractivity (Wildman–Crippen MR) is 94.1 cm³/mol. The third-order valence-corrected chi connectivity index (χ3v) is 4.11. The lowest BCUT2D eigenvalue weighted by Crippen LogP contribution is -2.32. The Morgan fingerprint density at radius 1 is 1.04 bits per heavy atom. The maximum atomic E-state index is 12.9. The van der Waals surface area contributed by atoms with Gasteiger partial charge in [-0.1, -0.05) is 36.4 Å². The number of imidazole rings is 1. The van der Waals surface area contributed by atoms with Crippen LogP contribution in [0.2, 0.25) is 0 Å². The lowest BCUT2D eigenvalue weighted by atomic mass is 10.1. The van der Waals surface area contributed by atoms with E-state index in [-0.39, 0.29) is 11.9 Å². The van der Waals surface area contributed by atoms with E-state index < -0.39 is 0 Å². The molecule has 0 bridgehead atoms. The van der Waals surface area contributed by atoms with Crippen molar-refractivity contribution in [3.05, 3.63) is 90.8 Å². The smallest absolute Gasteiger partial charge is 0.270 e. The summed E-state index contributed by atoms with van der Waals surface area (Å²) in [5.41, 5.74) is 2.43. The summed E-state index contributed by atoms with van der Waals surface area (Å²) in [6, 6.07) is 17.2. The van der Waals surface area contributed by atoms with Crippen molar-refractivity contribution in [1.82, 2.24) is 24.5 Å². The van der Waals surface area contributed by atoms with Gasteiger partial charge < -0.3 is 9.88 Å². The number of aromatic nitrogens is 4. The fourth-order valence-electron chi connectivity index (χ4n) is 2.88. The van der Waals surface area contributed by atoms with Crippen LogP contribution in [0.1, 0.15) is 22.1 Å². The van der Waals surface area contributed by atoms with Gasteiger partial charge >= 0.3 is 0 Å². The quantitative estimate of drug-likeness (QED) is 0.611. The Labute approximate surface area is 144 Å². The highest BCUT2D eigenvalue weighted by Gasteiger charge is 2.18. The molecule has 0 aliphatic carbocycles. The molecule has 0 aliphatic heterocycles. The summed E-state index contributed by atoms with van der Waals surface area (Å²) in [5, 5.41) is 7.36. The number of pyridine rings is 1. The summed E-state index contributed by atoms with van der Waals surface area (Å²) in [5.74, 6) is -0.164. The van der Waals surface area contributed by atoms with Crippen molar-refractivity contribution < 1.29 is 4.79 Å². The fourth-order valence-corrected chi connectivity index (χ4v) is 2.88. The fraction of sp³-hybridized carbons (Fsp3) is 0.105. The summed E-state index contributed by atoms with van der Waals surface area (Å²) >= 11 is 0. The van der Waals surface area contributed by atoms with Gasteiger partial charge in [0.1, 0.15) is 5.69 Å². The number of nitrogens with one attached hydrogen (secondary N) is 1. The van der Waals surface area contributed by atoms with E-state index in [0.717, 1.165) is 11.1 Å². The second-order valence-corrected chi connectivity index (χ2v) is 5.78. The Bertz CT molecular complexity index is 975. The first-order chi connectivity index (χ1) is 12.3. The lowest BCUT2D eigenvalue weighted by Gasteiger charge is -2.20. The van der Waals surface area contributed by atoms with E-state index in [1.54, 1.807) is 29.3 Å². The summed E-state index contributed by atoms with van der Waals surface area (Å²) < 4.78 is 3.60. The number of hydrogen-bond acceptors (Lipinski definition) is 3. The molecule has 4 rings (SSSR count). The van der Waals surface area contributed by atoms with Crippen LogP contribution in [0.25, 0.3) is 5.52 Å². The van der Waals surface area contributed by atoms with Crippen LogP contribution in [0.15, 0.2) is 79.5 Å². The van der Waals surface area contributed by atoms with Gasteiger partial charge in [-0.3, -0.25) is 4.79 Å². The zero-order chi connectivity index (χ0) is 17.1. The van der Waals surface area contributed by atoms with E-state index in [9.17, 15) is 4.79 Å². The molecular weight excluding hydrogens is 314 g/mol. The number of amides is 1. The first-order valence-corrected chi connectivity index (χ1v) is 8.05. The molecule has 4 aromatic rings. The van der Waals surface area contributed by atoms with Crippen LogP contribution in [-0.4, -0.2) is 25.1 Å². The van der Waals surface area contributed by atoms with E-state index >= 15 is 0 Å². The third kappa shape index (κ3) is 3.14. The third-order valence-electron chi connectivity index (χ3n) is 4.11. The van der Waals surface area contributed by atoms with E-state index in [4.69, 9.17) is 0 Å². The first-order valence-electron chi connectivity index (χ1n) is 8.05. The SMILES string of the molecule is O=C(N[C@H](Cn1ccnc1)c1ccccc1)c1cccc2ccnn12. The van der Waals surface area contributed by atoms with Crippen LogP contribution < -0.4 is 5.32 Å². The van der Waals surface area contributed by atoms with Gasteiger partial charge in [-0.2, -0.15) is 5.10 Å². The molecule has 124 valence electrons. The Morgan fingerprint density at radius 3 is 2.72 bits per heavy atom. The zero-order valence-electron chi connectivity index (χ0n) is 13.5. The molecule has 1 atom stereocenters.